The zero-order valence-corrected chi connectivity index (χ0v) is 12.5. The van der Waals surface area contributed by atoms with Gasteiger partial charge in [0.05, 0.1) is 12.6 Å². The third-order valence-electron chi connectivity index (χ3n) is 4.07. The average Bonchev–Trinajstić information content (AvgIpc) is 2.72. The maximum absolute atomic E-state index is 12.3. The van der Waals surface area contributed by atoms with E-state index in [4.69, 9.17) is 5.11 Å². The van der Waals surface area contributed by atoms with Gasteiger partial charge in [0, 0.05) is 13.1 Å². The van der Waals surface area contributed by atoms with Crippen LogP contribution in [0.25, 0.3) is 0 Å². The Balaban J connectivity index is 2.14. The predicted molar refractivity (Wildman–Crippen MR) is 79.7 cm³/mol. The second-order valence-electron chi connectivity index (χ2n) is 5.61. The summed E-state index contributed by atoms with van der Waals surface area (Å²) < 4.78 is 0. The lowest BCUT2D eigenvalue weighted by Crippen LogP contribution is -2.43. The molecule has 2 N–H and O–H groups in total. The number of benzene rings is 1. The molecule has 2 unspecified atom stereocenters. The van der Waals surface area contributed by atoms with Crippen LogP contribution in [0.1, 0.15) is 36.6 Å². The number of hydrogen-bond acceptors (Lipinski definition) is 2. The molecule has 0 saturated carbocycles. The molecule has 1 aromatic carbocycles. The molecule has 0 bridgehead atoms. The molecule has 1 aliphatic carbocycles. The molecule has 4 heteroatoms. The van der Waals surface area contributed by atoms with E-state index < -0.39 is 0 Å². The van der Waals surface area contributed by atoms with Crippen LogP contribution in [0.5, 0.6) is 0 Å². The summed E-state index contributed by atoms with van der Waals surface area (Å²) in [6.45, 7) is 7.15. The molecule has 0 spiro atoms. The van der Waals surface area contributed by atoms with Crippen LogP contribution in [0.3, 0.4) is 0 Å². The van der Waals surface area contributed by atoms with Crippen LogP contribution in [0.2, 0.25) is 0 Å². The van der Waals surface area contributed by atoms with Gasteiger partial charge in [-0.05, 0) is 37.3 Å². The van der Waals surface area contributed by atoms with Crippen molar-refractivity contribution in [3.8, 4) is 0 Å². The Morgan fingerprint density at radius 2 is 2.25 bits per heavy atom. The first-order chi connectivity index (χ1) is 9.56. The van der Waals surface area contributed by atoms with Crippen molar-refractivity contribution in [1.29, 1.82) is 0 Å². The van der Waals surface area contributed by atoms with E-state index in [0.29, 0.717) is 19.0 Å². The Morgan fingerprint density at radius 3 is 2.90 bits per heavy atom. The highest BCUT2D eigenvalue weighted by Gasteiger charge is 2.31. The molecule has 1 aromatic rings. The summed E-state index contributed by atoms with van der Waals surface area (Å²) in [5, 5.41) is 12.1. The van der Waals surface area contributed by atoms with E-state index in [-0.39, 0.29) is 18.7 Å². The number of carbonyl (C=O) groups excluding carboxylic acids is 1. The third kappa shape index (κ3) is 2.96. The lowest BCUT2D eigenvalue weighted by molar-refractivity contribution is 0.174. The van der Waals surface area contributed by atoms with Crippen molar-refractivity contribution in [3.63, 3.8) is 0 Å². The molecule has 2 amide bonds. The van der Waals surface area contributed by atoms with Gasteiger partial charge in [0.15, 0.2) is 0 Å². The molecule has 0 fully saturated rings. The molecule has 0 aromatic heterocycles. The van der Waals surface area contributed by atoms with Gasteiger partial charge in [-0.2, -0.15) is 0 Å². The zero-order chi connectivity index (χ0) is 14.7. The lowest BCUT2D eigenvalue weighted by Gasteiger charge is -2.25. The average molecular weight is 276 g/mol. The molecule has 0 heterocycles. The number of aryl methyl sites for hydroxylation is 1. The van der Waals surface area contributed by atoms with Crippen molar-refractivity contribution in [2.45, 2.75) is 33.2 Å². The van der Waals surface area contributed by atoms with Gasteiger partial charge < -0.3 is 15.3 Å². The maximum Gasteiger partial charge on any atom is 0.317 e. The number of likely N-dealkylation sites (N-methyl/N-ethyl adjacent to an activating group) is 1. The topological polar surface area (TPSA) is 52.6 Å². The summed E-state index contributed by atoms with van der Waals surface area (Å²) >= 11 is 0. The van der Waals surface area contributed by atoms with Gasteiger partial charge in [-0.1, -0.05) is 30.7 Å². The molecule has 0 saturated heterocycles. The summed E-state index contributed by atoms with van der Waals surface area (Å²) in [6.07, 6.45) is 1.01. The first-order valence-electron chi connectivity index (χ1n) is 7.32. The molecule has 2 atom stereocenters. The molecule has 0 aliphatic heterocycles. The molecule has 20 heavy (non-hydrogen) atoms. The Hall–Kier alpha value is -1.55. The number of urea groups is 1. The highest BCUT2D eigenvalue weighted by molar-refractivity contribution is 5.75. The second-order valence-corrected chi connectivity index (χ2v) is 5.61. The normalized spacial score (nSPS) is 20.6. The van der Waals surface area contributed by atoms with Crippen molar-refractivity contribution in [2.24, 2.45) is 5.92 Å². The minimum absolute atomic E-state index is 0.00280. The van der Waals surface area contributed by atoms with E-state index in [9.17, 15) is 4.79 Å². The number of nitrogens with zero attached hydrogens (tertiary/aromatic N) is 1. The van der Waals surface area contributed by atoms with Crippen LogP contribution >= 0.6 is 0 Å². The first kappa shape index (κ1) is 14.9. The summed E-state index contributed by atoms with van der Waals surface area (Å²) in [6, 6.07) is 6.45. The highest BCUT2D eigenvalue weighted by Crippen LogP contribution is 2.36. The highest BCUT2D eigenvalue weighted by atomic mass is 16.3. The van der Waals surface area contributed by atoms with Crippen molar-refractivity contribution in [3.05, 3.63) is 34.9 Å². The van der Waals surface area contributed by atoms with Crippen LogP contribution in [0.4, 0.5) is 4.79 Å². The molecule has 0 radical (unpaired) electrons. The van der Waals surface area contributed by atoms with Crippen molar-refractivity contribution in [2.75, 3.05) is 19.7 Å². The number of carbonyl (C=O) groups is 1. The largest absolute Gasteiger partial charge is 0.395 e. The van der Waals surface area contributed by atoms with Crippen LogP contribution in [-0.4, -0.2) is 35.7 Å². The number of nitrogens with one attached hydrogen (secondary N) is 1. The summed E-state index contributed by atoms with van der Waals surface area (Å²) in [4.78, 5) is 13.9. The molecular weight excluding hydrogens is 252 g/mol. The minimum atomic E-state index is -0.0900. The Labute approximate surface area is 120 Å². The molecular formula is C16H24N2O2. The van der Waals surface area contributed by atoms with Crippen molar-refractivity contribution in [1.82, 2.24) is 10.2 Å². The van der Waals surface area contributed by atoms with Gasteiger partial charge in [0.25, 0.3) is 0 Å². The number of aliphatic hydroxyl groups excluding tert-OH is 1. The van der Waals surface area contributed by atoms with E-state index in [0.717, 1.165) is 6.42 Å². The van der Waals surface area contributed by atoms with Gasteiger partial charge in [-0.3, -0.25) is 0 Å². The van der Waals surface area contributed by atoms with E-state index in [1.807, 2.05) is 6.92 Å². The summed E-state index contributed by atoms with van der Waals surface area (Å²) in [5.41, 5.74) is 3.80. The standard InChI is InChI=1S/C16H24N2O2/c1-4-18(7-8-19)16(20)17-15-12(3)10-13-6-5-11(2)9-14(13)15/h5-6,9,12,15,19H,4,7-8,10H2,1-3H3,(H,17,20). The van der Waals surface area contributed by atoms with Crippen LogP contribution in [-0.2, 0) is 6.42 Å². The van der Waals surface area contributed by atoms with Gasteiger partial charge in [-0.15, -0.1) is 0 Å². The fraction of sp³-hybridized carbons (Fsp3) is 0.562. The first-order valence-corrected chi connectivity index (χ1v) is 7.32. The Kier molecular flexibility index (Phi) is 4.65. The molecule has 4 nitrogen and oxygen atoms in total. The third-order valence-corrected chi connectivity index (χ3v) is 4.07. The van der Waals surface area contributed by atoms with Crippen LogP contribution in [0, 0.1) is 12.8 Å². The van der Waals surface area contributed by atoms with E-state index in [1.165, 1.54) is 16.7 Å². The molecule has 2 rings (SSSR count). The van der Waals surface area contributed by atoms with Gasteiger partial charge in [-0.25, -0.2) is 4.79 Å². The van der Waals surface area contributed by atoms with Gasteiger partial charge >= 0.3 is 6.03 Å². The number of rotatable bonds is 4. The maximum atomic E-state index is 12.3. The SMILES string of the molecule is CCN(CCO)C(=O)NC1c2cc(C)ccc2CC1C. The summed E-state index contributed by atoms with van der Waals surface area (Å²) in [7, 11) is 0. The zero-order valence-electron chi connectivity index (χ0n) is 12.5. The number of fused-ring (bicyclic) bond motifs is 1. The molecule has 1 aliphatic rings. The van der Waals surface area contributed by atoms with Crippen molar-refractivity contribution < 1.29 is 9.90 Å². The van der Waals surface area contributed by atoms with Gasteiger partial charge in [0.2, 0.25) is 0 Å². The number of aliphatic hydroxyl groups is 1. The smallest absolute Gasteiger partial charge is 0.317 e. The minimum Gasteiger partial charge on any atom is -0.395 e. The predicted octanol–water partition coefficient (Wildman–Crippen LogP) is 2.25. The Bertz CT molecular complexity index is 487. The van der Waals surface area contributed by atoms with Crippen molar-refractivity contribution >= 4 is 6.03 Å². The van der Waals surface area contributed by atoms with Crippen LogP contribution in [0.15, 0.2) is 18.2 Å². The van der Waals surface area contributed by atoms with Crippen LogP contribution < -0.4 is 5.32 Å². The molecule has 110 valence electrons. The number of amides is 2. The lowest BCUT2D eigenvalue weighted by atomic mass is 10.0. The monoisotopic (exact) mass is 276 g/mol. The van der Waals surface area contributed by atoms with E-state index in [2.05, 4.69) is 37.4 Å². The van der Waals surface area contributed by atoms with E-state index >= 15 is 0 Å². The second kappa shape index (κ2) is 6.27. The number of hydrogen-bond donors (Lipinski definition) is 2. The Morgan fingerprint density at radius 1 is 1.50 bits per heavy atom. The fourth-order valence-electron chi connectivity index (χ4n) is 2.93. The summed E-state index contributed by atoms with van der Waals surface area (Å²) in [5.74, 6) is 0.406. The van der Waals surface area contributed by atoms with Gasteiger partial charge in [0.1, 0.15) is 0 Å². The van der Waals surface area contributed by atoms with E-state index in [1.54, 1.807) is 4.90 Å². The quantitative estimate of drug-likeness (QED) is 0.886. The fourth-order valence-corrected chi connectivity index (χ4v) is 2.93.